The maximum Gasteiger partial charge on any atom is 0.116 e. The van der Waals surface area contributed by atoms with E-state index in [0.717, 1.165) is 33.5 Å². The van der Waals surface area contributed by atoms with Gasteiger partial charge in [0, 0.05) is 16.6 Å². The molecule has 0 aliphatic heterocycles. The van der Waals surface area contributed by atoms with Gasteiger partial charge in [-0.1, -0.05) is 78.9 Å². The van der Waals surface area contributed by atoms with Gasteiger partial charge in [-0.2, -0.15) is 0 Å². The Morgan fingerprint density at radius 2 is 1.34 bits per heavy atom. The summed E-state index contributed by atoms with van der Waals surface area (Å²) in [6, 6.07) is 33.7. The van der Waals surface area contributed by atoms with Crippen molar-refractivity contribution in [1.29, 1.82) is 0 Å². The molecule has 0 unspecified atom stereocenters. The lowest BCUT2D eigenvalue weighted by atomic mass is 10.1. The molecule has 0 atom stereocenters. The number of para-hydroxylation sites is 1. The summed E-state index contributed by atoms with van der Waals surface area (Å²) < 4.78 is 2.29. The minimum absolute atomic E-state index is 0.944. The summed E-state index contributed by atoms with van der Waals surface area (Å²) in [7, 11) is 0. The third-order valence-corrected chi connectivity index (χ3v) is 5.49. The second-order valence-electron chi connectivity index (χ2n) is 7.14. The number of hydrogen-bond acceptors (Lipinski definition) is 2. The van der Waals surface area contributed by atoms with Gasteiger partial charge in [-0.05, 0) is 29.0 Å². The lowest BCUT2D eigenvalue weighted by Crippen LogP contribution is -1.97. The van der Waals surface area contributed by atoms with E-state index in [9.17, 15) is 0 Å². The molecule has 29 heavy (non-hydrogen) atoms. The largest absolute Gasteiger partial charge is 0.306 e. The summed E-state index contributed by atoms with van der Waals surface area (Å²) in [5.41, 5.74) is 6.30. The molecule has 0 radical (unpaired) electrons. The Labute approximate surface area is 167 Å². The van der Waals surface area contributed by atoms with E-state index in [1.165, 1.54) is 16.2 Å². The summed E-state index contributed by atoms with van der Waals surface area (Å²) >= 11 is 0. The molecule has 6 aromatic rings. The van der Waals surface area contributed by atoms with Gasteiger partial charge in [-0.25, -0.2) is 9.97 Å². The van der Waals surface area contributed by atoms with Gasteiger partial charge in [0.05, 0.1) is 16.7 Å². The molecule has 0 spiro atoms. The van der Waals surface area contributed by atoms with Crippen molar-refractivity contribution in [2.45, 2.75) is 0 Å². The van der Waals surface area contributed by atoms with Gasteiger partial charge in [0.2, 0.25) is 0 Å². The van der Waals surface area contributed by atoms with Crippen molar-refractivity contribution < 1.29 is 0 Å². The molecule has 2 aromatic heterocycles. The lowest BCUT2D eigenvalue weighted by Gasteiger charge is -2.10. The zero-order valence-corrected chi connectivity index (χ0v) is 15.7. The number of fused-ring (bicyclic) bond motifs is 5. The highest BCUT2D eigenvalue weighted by Crippen LogP contribution is 2.38. The van der Waals surface area contributed by atoms with Gasteiger partial charge in [0.15, 0.2) is 0 Å². The van der Waals surface area contributed by atoms with Crippen LogP contribution in [0.5, 0.6) is 0 Å². The molecule has 3 nitrogen and oxygen atoms in total. The zero-order chi connectivity index (χ0) is 19.2. The second-order valence-corrected chi connectivity index (χ2v) is 7.14. The van der Waals surface area contributed by atoms with Crippen LogP contribution >= 0.6 is 0 Å². The maximum absolute atomic E-state index is 4.76. The molecule has 0 fully saturated rings. The second kappa shape index (κ2) is 6.28. The summed E-state index contributed by atoms with van der Waals surface area (Å²) in [5.74, 6) is 0. The molecule has 0 bridgehead atoms. The Balaban J connectivity index is 1.88. The number of hydrogen-bond donors (Lipinski definition) is 0. The molecule has 6 rings (SSSR count). The highest BCUT2D eigenvalue weighted by molar-refractivity contribution is 6.21. The number of benzene rings is 4. The fourth-order valence-electron chi connectivity index (χ4n) is 4.24. The van der Waals surface area contributed by atoms with Crippen LogP contribution < -0.4 is 0 Å². The molecule has 4 aromatic carbocycles. The van der Waals surface area contributed by atoms with Crippen LogP contribution in [-0.2, 0) is 0 Å². The predicted molar refractivity (Wildman–Crippen MR) is 119 cm³/mol. The Hall–Kier alpha value is -3.98. The monoisotopic (exact) mass is 371 g/mol. The predicted octanol–water partition coefficient (Wildman–Crippen LogP) is 6.39. The van der Waals surface area contributed by atoms with Crippen LogP contribution in [-0.4, -0.2) is 14.5 Å². The SMILES string of the molecule is c1ccc(-c2ncnc3c4c5ccccc5ccc4n(-c4ccccc4)c23)cc1. The van der Waals surface area contributed by atoms with Crippen LogP contribution in [0.2, 0.25) is 0 Å². The molecule has 0 aliphatic carbocycles. The highest BCUT2D eigenvalue weighted by atomic mass is 15.0. The van der Waals surface area contributed by atoms with Crippen molar-refractivity contribution in [3.63, 3.8) is 0 Å². The van der Waals surface area contributed by atoms with E-state index in [2.05, 4.69) is 77.4 Å². The van der Waals surface area contributed by atoms with Crippen molar-refractivity contribution in [2.24, 2.45) is 0 Å². The molecule has 136 valence electrons. The van der Waals surface area contributed by atoms with E-state index in [-0.39, 0.29) is 0 Å². The minimum atomic E-state index is 0.944. The highest BCUT2D eigenvalue weighted by Gasteiger charge is 2.19. The molecule has 0 saturated carbocycles. The third-order valence-electron chi connectivity index (χ3n) is 5.49. The third kappa shape index (κ3) is 2.38. The average Bonchev–Trinajstić information content (AvgIpc) is 3.15. The molecule has 3 heteroatoms. The fourth-order valence-corrected chi connectivity index (χ4v) is 4.24. The summed E-state index contributed by atoms with van der Waals surface area (Å²) in [6.45, 7) is 0. The van der Waals surface area contributed by atoms with Crippen LogP contribution in [0, 0.1) is 0 Å². The van der Waals surface area contributed by atoms with Crippen LogP contribution in [0.15, 0.2) is 103 Å². The first-order chi connectivity index (χ1) is 14.4. The topological polar surface area (TPSA) is 30.7 Å². The molecular weight excluding hydrogens is 354 g/mol. The van der Waals surface area contributed by atoms with Crippen molar-refractivity contribution >= 4 is 32.7 Å². The van der Waals surface area contributed by atoms with E-state index in [1.54, 1.807) is 6.33 Å². The van der Waals surface area contributed by atoms with Crippen LogP contribution in [0.1, 0.15) is 0 Å². The van der Waals surface area contributed by atoms with Crippen LogP contribution in [0.25, 0.3) is 49.7 Å². The Morgan fingerprint density at radius 3 is 2.17 bits per heavy atom. The van der Waals surface area contributed by atoms with Crippen molar-refractivity contribution in [3.8, 4) is 16.9 Å². The van der Waals surface area contributed by atoms with Crippen molar-refractivity contribution in [3.05, 3.63) is 103 Å². The number of aromatic nitrogens is 3. The Morgan fingerprint density at radius 1 is 0.621 bits per heavy atom. The van der Waals surface area contributed by atoms with Crippen molar-refractivity contribution in [1.82, 2.24) is 14.5 Å². The number of rotatable bonds is 2. The van der Waals surface area contributed by atoms with Gasteiger partial charge in [0.25, 0.3) is 0 Å². The first-order valence-corrected chi connectivity index (χ1v) is 9.69. The molecule has 0 amide bonds. The molecular formula is C26H17N3. The maximum atomic E-state index is 4.76. The molecule has 0 N–H and O–H groups in total. The Bertz CT molecular complexity index is 1480. The van der Waals surface area contributed by atoms with Crippen LogP contribution in [0.4, 0.5) is 0 Å². The van der Waals surface area contributed by atoms with E-state index in [1.807, 2.05) is 24.3 Å². The first-order valence-electron chi connectivity index (χ1n) is 9.69. The van der Waals surface area contributed by atoms with E-state index >= 15 is 0 Å². The molecule has 0 aliphatic rings. The smallest absolute Gasteiger partial charge is 0.116 e. The average molecular weight is 371 g/mol. The van der Waals surface area contributed by atoms with E-state index in [0.29, 0.717) is 0 Å². The van der Waals surface area contributed by atoms with E-state index < -0.39 is 0 Å². The normalized spacial score (nSPS) is 11.4. The zero-order valence-electron chi connectivity index (χ0n) is 15.7. The van der Waals surface area contributed by atoms with E-state index in [4.69, 9.17) is 9.97 Å². The van der Waals surface area contributed by atoms with Gasteiger partial charge in [-0.3, -0.25) is 0 Å². The lowest BCUT2D eigenvalue weighted by molar-refractivity contribution is 1.15. The van der Waals surface area contributed by atoms with Gasteiger partial charge < -0.3 is 4.57 Å². The summed E-state index contributed by atoms with van der Waals surface area (Å²) in [4.78, 5) is 9.47. The Kier molecular flexibility index (Phi) is 3.47. The number of nitrogens with zero attached hydrogens (tertiary/aromatic N) is 3. The first kappa shape index (κ1) is 16.0. The molecule has 0 saturated heterocycles. The quantitative estimate of drug-likeness (QED) is 0.353. The van der Waals surface area contributed by atoms with Crippen molar-refractivity contribution in [2.75, 3.05) is 0 Å². The van der Waals surface area contributed by atoms with Gasteiger partial charge in [0.1, 0.15) is 11.8 Å². The summed E-state index contributed by atoms with van der Waals surface area (Å²) in [5, 5.41) is 3.59. The standard InChI is InChI=1S/C26H17N3/c1-3-10-19(11-4-1)24-26-25(28-17-27-24)23-21-14-8-7-9-18(21)15-16-22(23)29(26)20-12-5-2-6-13-20/h1-17H. The van der Waals surface area contributed by atoms with Crippen LogP contribution in [0.3, 0.4) is 0 Å². The van der Waals surface area contributed by atoms with Gasteiger partial charge in [-0.15, -0.1) is 0 Å². The summed E-state index contributed by atoms with van der Waals surface area (Å²) in [6.07, 6.45) is 1.68. The molecule has 2 heterocycles. The minimum Gasteiger partial charge on any atom is -0.306 e. The van der Waals surface area contributed by atoms with Gasteiger partial charge >= 0.3 is 0 Å². The fraction of sp³-hybridized carbons (Fsp3) is 0.